The zero-order valence-corrected chi connectivity index (χ0v) is 10.1. The lowest BCUT2D eigenvalue weighted by Gasteiger charge is -2.10. The highest BCUT2D eigenvalue weighted by molar-refractivity contribution is 7.80. The molecule has 0 atom stereocenters. The fourth-order valence-corrected chi connectivity index (χ4v) is 1.46. The molecule has 1 rings (SSSR count). The highest BCUT2D eigenvalue weighted by atomic mass is 32.1. The Kier molecular flexibility index (Phi) is 5.03. The molecule has 1 aromatic rings. The Morgan fingerprint density at radius 2 is 2.00 bits per heavy atom. The second-order valence-electron chi connectivity index (χ2n) is 3.58. The number of rotatable bonds is 5. The Labute approximate surface area is 107 Å². The molecule has 0 spiro atoms. The molecular weight excluding hydrogens is 270 g/mol. The van der Waals surface area contributed by atoms with E-state index in [9.17, 15) is 17.6 Å². The second kappa shape index (κ2) is 6.10. The summed E-state index contributed by atoms with van der Waals surface area (Å²) in [5.74, 6) is -0.517. The fraction of sp³-hybridized carbons (Fsp3) is 0.364. The number of ether oxygens (including phenoxy) is 1. The molecule has 0 fully saturated rings. The predicted molar refractivity (Wildman–Crippen MR) is 62.6 cm³/mol. The number of hydrogen-bond acceptors (Lipinski definition) is 2. The highest BCUT2D eigenvalue weighted by Crippen LogP contribution is 2.20. The lowest BCUT2D eigenvalue weighted by Crippen LogP contribution is -2.15. The molecule has 100 valence electrons. The zero-order chi connectivity index (χ0) is 13.8. The average molecular weight is 281 g/mol. The number of alkyl halides is 3. The van der Waals surface area contributed by atoms with E-state index in [1.54, 1.807) is 0 Å². The van der Waals surface area contributed by atoms with Gasteiger partial charge in [0.05, 0.1) is 19.6 Å². The van der Waals surface area contributed by atoms with Crippen molar-refractivity contribution in [3.63, 3.8) is 0 Å². The zero-order valence-electron chi connectivity index (χ0n) is 9.26. The van der Waals surface area contributed by atoms with Crippen LogP contribution in [0.15, 0.2) is 18.2 Å². The Bertz CT molecular complexity index is 434. The normalized spacial score (nSPS) is 11.6. The average Bonchev–Trinajstić information content (AvgIpc) is 2.24. The third kappa shape index (κ3) is 4.97. The summed E-state index contributed by atoms with van der Waals surface area (Å²) in [6.45, 7) is -0.555. The number of halogens is 4. The summed E-state index contributed by atoms with van der Waals surface area (Å²) in [4.78, 5) is -0.0241. The van der Waals surface area contributed by atoms with E-state index in [4.69, 9.17) is 22.7 Å². The van der Waals surface area contributed by atoms with Crippen LogP contribution >= 0.6 is 12.2 Å². The minimum atomic E-state index is -4.26. The second-order valence-corrected chi connectivity index (χ2v) is 4.02. The number of hydrogen-bond donors (Lipinski definition) is 1. The van der Waals surface area contributed by atoms with Gasteiger partial charge < -0.3 is 10.5 Å². The summed E-state index contributed by atoms with van der Waals surface area (Å²) in [6, 6.07) is 3.69. The SMILES string of the molecule is NC(=S)c1cc(F)ccc1COCCC(F)(F)F. The van der Waals surface area contributed by atoms with E-state index >= 15 is 0 Å². The van der Waals surface area contributed by atoms with Gasteiger partial charge >= 0.3 is 6.18 Å². The minimum Gasteiger partial charge on any atom is -0.389 e. The van der Waals surface area contributed by atoms with Crippen molar-refractivity contribution in [3.05, 3.63) is 35.1 Å². The van der Waals surface area contributed by atoms with Gasteiger partial charge in [0.25, 0.3) is 0 Å². The van der Waals surface area contributed by atoms with Gasteiger partial charge in [0.1, 0.15) is 10.8 Å². The van der Waals surface area contributed by atoms with Gasteiger partial charge in [0.15, 0.2) is 0 Å². The van der Waals surface area contributed by atoms with Gasteiger partial charge in [-0.05, 0) is 17.7 Å². The van der Waals surface area contributed by atoms with E-state index in [1.165, 1.54) is 12.1 Å². The summed E-state index contributed by atoms with van der Waals surface area (Å²) >= 11 is 4.72. The summed E-state index contributed by atoms with van der Waals surface area (Å²) < 4.78 is 53.4. The van der Waals surface area contributed by atoms with Crippen molar-refractivity contribution < 1.29 is 22.3 Å². The van der Waals surface area contributed by atoms with Gasteiger partial charge in [-0.3, -0.25) is 0 Å². The van der Waals surface area contributed by atoms with Crippen LogP contribution in [0.1, 0.15) is 17.5 Å². The smallest absolute Gasteiger partial charge is 0.389 e. The largest absolute Gasteiger partial charge is 0.391 e. The Morgan fingerprint density at radius 3 is 2.56 bits per heavy atom. The third-order valence-corrected chi connectivity index (χ3v) is 2.34. The molecule has 0 amide bonds. The maximum atomic E-state index is 12.9. The lowest BCUT2D eigenvalue weighted by atomic mass is 10.1. The molecule has 0 unspecified atom stereocenters. The van der Waals surface area contributed by atoms with Crippen LogP contribution in [-0.2, 0) is 11.3 Å². The van der Waals surface area contributed by atoms with Gasteiger partial charge in [0.2, 0.25) is 0 Å². The number of thiocarbonyl (C=S) groups is 1. The molecule has 0 bridgehead atoms. The van der Waals surface area contributed by atoms with E-state index in [-0.39, 0.29) is 17.2 Å². The Morgan fingerprint density at radius 1 is 1.33 bits per heavy atom. The van der Waals surface area contributed by atoms with Crippen LogP contribution in [0.5, 0.6) is 0 Å². The van der Waals surface area contributed by atoms with E-state index in [0.29, 0.717) is 5.56 Å². The first-order valence-electron chi connectivity index (χ1n) is 5.02. The molecule has 0 saturated carbocycles. The molecule has 0 aromatic heterocycles. The van der Waals surface area contributed by atoms with Crippen molar-refractivity contribution in [2.24, 2.45) is 5.73 Å². The molecule has 1 aromatic carbocycles. The van der Waals surface area contributed by atoms with Crippen LogP contribution in [0.25, 0.3) is 0 Å². The van der Waals surface area contributed by atoms with Crippen molar-refractivity contribution in [2.45, 2.75) is 19.2 Å². The van der Waals surface area contributed by atoms with Crippen LogP contribution in [0.3, 0.4) is 0 Å². The molecule has 0 aliphatic rings. The maximum absolute atomic E-state index is 12.9. The molecule has 2 N–H and O–H groups in total. The molecule has 0 aliphatic carbocycles. The first-order chi connectivity index (χ1) is 8.29. The van der Waals surface area contributed by atoms with Gasteiger partial charge in [-0.1, -0.05) is 18.3 Å². The Hall–Kier alpha value is -1.21. The van der Waals surface area contributed by atoms with Crippen LogP contribution < -0.4 is 5.73 Å². The monoisotopic (exact) mass is 281 g/mol. The summed E-state index contributed by atoms with van der Waals surface area (Å²) in [5, 5.41) is 0. The standard InChI is InChI=1S/C11H11F4NOS/c12-8-2-1-7(9(5-8)10(16)18)6-17-4-3-11(13,14)15/h1-2,5H,3-4,6H2,(H2,16,18). The van der Waals surface area contributed by atoms with Crippen LogP contribution in [0, 0.1) is 5.82 Å². The van der Waals surface area contributed by atoms with E-state index in [0.717, 1.165) is 6.07 Å². The highest BCUT2D eigenvalue weighted by Gasteiger charge is 2.26. The minimum absolute atomic E-state index is 0.0241. The molecular formula is C11H11F4NOS. The van der Waals surface area contributed by atoms with Gasteiger partial charge in [0, 0.05) is 5.56 Å². The van der Waals surface area contributed by atoms with Crippen molar-refractivity contribution in [3.8, 4) is 0 Å². The topological polar surface area (TPSA) is 35.2 Å². The van der Waals surface area contributed by atoms with Crippen molar-refractivity contribution in [1.82, 2.24) is 0 Å². The van der Waals surface area contributed by atoms with Crippen LogP contribution in [0.4, 0.5) is 17.6 Å². The molecule has 0 aliphatic heterocycles. The third-order valence-electron chi connectivity index (χ3n) is 2.12. The van der Waals surface area contributed by atoms with Gasteiger partial charge in [-0.15, -0.1) is 0 Å². The number of nitrogens with two attached hydrogens (primary N) is 1. The lowest BCUT2D eigenvalue weighted by molar-refractivity contribution is -0.146. The van der Waals surface area contributed by atoms with Crippen LogP contribution in [0.2, 0.25) is 0 Å². The first kappa shape index (κ1) is 14.8. The molecule has 2 nitrogen and oxygen atoms in total. The van der Waals surface area contributed by atoms with E-state index in [1.807, 2.05) is 0 Å². The quantitative estimate of drug-likeness (QED) is 0.512. The molecule has 0 heterocycles. The van der Waals surface area contributed by atoms with Crippen molar-refractivity contribution in [1.29, 1.82) is 0 Å². The molecule has 0 saturated heterocycles. The van der Waals surface area contributed by atoms with Crippen molar-refractivity contribution in [2.75, 3.05) is 6.61 Å². The summed E-state index contributed by atoms with van der Waals surface area (Å²) in [5.41, 5.74) is 6.13. The fourth-order valence-electron chi connectivity index (χ4n) is 1.27. The van der Waals surface area contributed by atoms with Crippen molar-refractivity contribution >= 4 is 17.2 Å². The summed E-state index contributed by atoms with van der Waals surface area (Å²) in [7, 11) is 0. The molecule has 18 heavy (non-hydrogen) atoms. The maximum Gasteiger partial charge on any atom is 0.391 e. The van der Waals surface area contributed by atoms with E-state index in [2.05, 4.69) is 0 Å². The van der Waals surface area contributed by atoms with Gasteiger partial charge in [-0.2, -0.15) is 13.2 Å². The van der Waals surface area contributed by atoms with Crippen LogP contribution in [-0.4, -0.2) is 17.8 Å². The molecule has 0 radical (unpaired) electrons. The number of benzene rings is 1. The van der Waals surface area contributed by atoms with Gasteiger partial charge in [-0.25, -0.2) is 4.39 Å². The Balaban J connectivity index is 2.59. The first-order valence-corrected chi connectivity index (χ1v) is 5.43. The molecule has 7 heteroatoms. The van der Waals surface area contributed by atoms with E-state index < -0.39 is 25.0 Å². The predicted octanol–water partition coefficient (Wildman–Crippen LogP) is 2.93. The summed E-state index contributed by atoms with van der Waals surface area (Å²) in [6.07, 6.45) is -5.29.